The summed E-state index contributed by atoms with van der Waals surface area (Å²) in [5.74, 6) is 0. The van der Waals surface area contributed by atoms with Gasteiger partial charge in [-0.25, -0.2) is 4.99 Å². The molecule has 1 aromatic carbocycles. The van der Waals surface area contributed by atoms with E-state index in [1.807, 2.05) is 5.32 Å². The van der Waals surface area contributed by atoms with Gasteiger partial charge in [0.2, 0.25) is 6.41 Å². The molecule has 11 heteroatoms. The lowest BCUT2D eigenvalue weighted by Gasteiger charge is -2.22. The number of anilines is 1. The largest absolute Gasteiger partial charge is 0.371 e. The zero-order valence-corrected chi connectivity index (χ0v) is 12.9. The SMILES string of the molecule is Cc1ccc(Cl)c(NS(=O)(=O)C2(NC=O)N=CN=N2)c1Cl. The van der Waals surface area contributed by atoms with E-state index >= 15 is 0 Å². The Hall–Kier alpha value is -1.71. The highest BCUT2D eigenvalue weighted by molar-refractivity contribution is 7.94. The number of nitrogens with one attached hydrogen (secondary N) is 2. The number of carbonyl (C=O) groups is 1. The number of carbonyl (C=O) groups excluding carboxylic acids is 1. The zero-order valence-electron chi connectivity index (χ0n) is 10.5. The van der Waals surface area contributed by atoms with Crippen molar-refractivity contribution in [2.45, 2.75) is 12.0 Å². The highest BCUT2D eigenvalue weighted by Crippen LogP contribution is 2.35. The van der Waals surface area contributed by atoms with Crippen LogP contribution in [0.1, 0.15) is 5.56 Å². The summed E-state index contributed by atoms with van der Waals surface area (Å²) in [5.41, 5.74) is 0.593. The molecule has 2 N–H and O–H groups in total. The molecule has 0 spiro atoms. The Labute approximate surface area is 130 Å². The fraction of sp³-hybridized carbons (Fsp3) is 0.200. The Morgan fingerprint density at radius 3 is 2.62 bits per heavy atom. The second-order valence-corrected chi connectivity index (χ2v) is 6.55. The number of amides is 1. The molecule has 1 heterocycles. The van der Waals surface area contributed by atoms with E-state index in [0.717, 1.165) is 6.34 Å². The third-order valence-corrected chi connectivity index (χ3v) is 4.95. The van der Waals surface area contributed by atoms with Crippen molar-refractivity contribution in [3.8, 4) is 0 Å². The van der Waals surface area contributed by atoms with Gasteiger partial charge in [-0.1, -0.05) is 29.3 Å². The standard InChI is InChI=1S/C10H9Cl2N5O3S/c1-6-2-3-7(11)9(8(6)12)16-21(19,20)10(14-5-18)13-4-15-17-10/h2-5,16H,1H3,(H,14,18). The van der Waals surface area contributed by atoms with E-state index < -0.39 is 15.1 Å². The van der Waals surface area contributed by atoms with Gasteiger partial charge in [-0.2, -0.15) is 8.42 Å². The van der Waals surface area contributed by atoms with Crippen molar-refractivity contribution in [1.82, 2.24) is 5.32 Å². The fourth-order valence-corrected chi connectivity index (χ4v) is 3.28. The van der Waals surface area contributed by atoms with Crippen molar-refractivity contribution in [3.05, 3.63) is 27.7 Å². The highest BCUT2D eigenvalue weighted by atomic mass is 35.5. The number of azo groups is 1. The second kappa shape index (κ2) is 5.58. The predicted molar refractivity (Wildman–Crippen MR) is 79.0 cm³/mol. The van der Waals surface area contributed by atoms with E-state index in [1.54, 1.807) is 13.0 Å². The lowest BCUT2D eigenvalue weighted by atomic mass is 10.2. The van der Waals surface area contributed by atoms with E-state index in [2.05, 4.69) is 19.9 Å². The molecule has 0 aromatic heterocycles. The van der Waals surface area contributed by atoms with Crippen LogP contribution in [0.15, 0.2) is 27.4 Å². The number of aliphatic imine (C=N–C) groups is 1. The maximum absolute atomic E-state index is 12.4. The molecule has 1 atom stereocenters. The first kappa shape index (κ1) is 15.7. The van der Waals surface area contributed by atoms with E-state index in [0.29, 0.717) is 5.56 Å². The fourth-order valence-electron chi connectivity index (χ4n) is 1.53. The monoisotopic (exact) mass is 349 g/mol. The molecule has 0 bridgehead atoms. The van der Waals surface area contributed by atoms with Crippen LogP contribution in [0.3, 0.4) is 0 Å². The molecule has 1 aliphatic heterocycles. The summed E-state index contributed by atoms with van der Waals surface area (Å²) in [7, 11) is -4.32. The van der Waals surface area contributed by atoms with Gasteiger partial charge >= 0.3 is 15.1 Å². The summed E-state index contributed by atoms with van der Waals surface area (Å²) in [6, 6.07) is 3.12. The van der Waals surface area contributed by atoms with E-state index in [-0.39, 0.29) is 22.1 Å². The van der Waals surface area contributed by atoms with Crippen LogP contribution in [0.25, 0.3) is 0 Å². The molecular weight excluding hydrogens is 341 g/mol. The van der Waals surface area contributed by atoms with Gasteiger partial charge in [0.05, 0.1) is 15.7 Å². The minimum atomic E-state index is -4.32. The molecule has 21 heavy (non-hydrogen) atoms. The van der Waals surface area contributed by atoms with Crippen LogP contribution in [0.2, 0.25) is 10.0 Å². The number of halogens is 2. The summed E-state index contributed by atoms with van der Waals surface area (Å²) >= 11 is 12.0. The lowest BCUT2D eigenvalue weighted by molar-refractivity contribution is -0.110. The first-order valence-electron chi connectivity index (χ1n) is 5.47. The molecule has 112 valence electrons. The van der Waals surface area contributed by atoms with Crippen LogP contribution < -0.4 is 10.0 Å². The maximum Gasteiger partial charge on any atom is 0.371 e. The maximum atomic E-state index is 12.4. The molecule has 1 aromatic rings. The van der Waals surface area contributed by atoms with Crippen LogP contribution in [0, 0.1) is 6.92 Å². The number of aryl methyl sites for hydroxylation is 1. The first-order valence-corrected chi connectivity index (χ1v) is 7.71. The van der Waals surface area contributed by atoms with Crippen molar-refractivity contribution < 1.29 is 13.2 Å². The highest BCUT2D eigenvalue weighted by Gasteiger charge is 2.47. The van der Waals surface area contributed by atoms with Gasteiger partial charge in [-0.3, -0.25) is 14.8 Å². The number of sulfonamides is 1. The summed E-state index contributed by atoms with van der Waals surface area (Å²) in [6.07, 6.45) is 1.07. The second-order valence-electron chi connectivity index (χ2n) is 3.99. The van der Waals surface area contributed by atoms with E-state index in [1.165, 1.54) is 6.07 Å². The van der Waals surface area contributed by atoms with Crippen LogP contribution in [0.5, 0.6) is 0 Å². The lowest BCUT2D eigenvalue weighted by Crippen LogP contribution is -2.49. The number of nitrogens with zero attached hydrogens (tertiary/aromatic N) is 3. The van der Waals surface area contributed by atoms with Crippen molar-refractivity contribution in [3.63, 3.8) is 0 Å². The number of benzene rings is 1. The smallest absolute Gasteiger partial charge is 0.300 e. The molecule has 0 saturated heterocycles. The molecule has 1 amide bonds. The Kier molecular flexibility index (Phi) is 4.17. The van der Waals surface area contributed by atoms with Crippen molar-refractivity contribution in [1.29, 1.82) is 0 Å². The van der Waals surface area contributed by atoms with Gasteiger partial charge in [0.15, 0.2) is 0 Å². The molecule has 0 fully saturated rings. The Morgan fingerprint density at radius 2 is 2.05 bits per heavy atom. The Balaban J connectivity index is 2.48. The molecular formula is C10H9Cl2N5O3S. The van der Waals surface area contributed by atoms with E-state index in [4.69, 9.17) is 23.2 Å². The normalized spacial score (nSPS) is 20.5. The third-order valence-electron chi connectivity index (χ3n) is 2.62. The van der Waals surface area contributed by atoms with Gasteiger partial charge in [-0.15, -0.1) is 10.2 Å². The summed E-state index contributed by atoms with van der Waals surface area (Å²) in [4.78, 5) is 14.2. The number of rotatable bonds is 5. The van der Waals surface area contributed by atoms with Crippen molar-refractivity contribution >= 4 is 51.7 Å². The molecule has 2 rings (SSSR count). The third kappa shape index (κ3) is 2.71. The Bertz CT molecular complexity index is 735. The van der Waals surface area contributed by atoms with Crippen molar-refractivity contribution in [2.75, 3.05) is 4.72 Å². The van der Waals surface area contributed by atoms with Gasteiger partial charge in [0, 0.05) is 0 Å². The molecule has 0 saturated carbocycles. The minimum Gasteiger partial charge on any atom is -0.300 e. The van der Waals surface area contributed by atoms with Gasteiger partial charge in [0.1, 0.15) is 6.34 Å². The topological polar surface area (TPSA) is 112 Å². The molecule has 1 aliphatic rings. The average molecular weight is 350 g/mol. The van der Waals surface area contributed by atoms with Gasteiger partial charge < -0.3 is 0 Å². The molecule has 0 radical (unpaired) electrons. The van der Waals surface area contributed by atoms with E-state index in [9.17, 15) is 13.2 Å². The quantitative estimate of drug-likeness (QED) is 0.791. The van der Waals surface area contributed by atoms with Crippen LogP contribution in [0.4, 0.5) is 5.69 Å². The van der Waals surface area contributed by atoms with Gasteiger partial charge in [-0.05, 0) is 18.6 Å². The van der Waals surface area contributed by atoms with Crippen LogP contribution in [-0.4, -0.2) is 26.3 Å². The minimum absolute atomic E-state index is 0.0253. The first-order chi connectivity index (χ1) is 9.83. The predicted octanol–water partition coefficient (Wildman–Crippen LogP) is 1.89. The van der Waals surface area contributed by atoms with Crippen LogP contribution >= 0.6 is 23.2 Å². The number of hydrogen-bond acceptors (Lipinski definition) is 6. The molecule has 8 nitrogen and oxygen atoms in total. The average Bonchev–Trinajstić information content (AvgIpc) is 2.90. The number of hydrogen-bond donors (Lipinski definition) is 2. The molecule has 1 unspecified atom stereocenters. The van der Waals surface area contributed by atoms with Gasteiger partial charge in [0.25, 0.3) is 0 Å². The van der Waals surface area contributed by atoms with Crippen molar-refractivity contribution in [2.24, 2.45) is 15.2 Å². The summed E-state index contributed by atoms with van der Waals surface area (Å²) < 4.78 is 27.0. The van der Waals surface area contributed by atoms with Crippen LogP contribution in [-0.2, 0) is 14.8 Å². The summed E-state index contributed by atoms with van der Waals surface area (Å²) in [6.45, 7) is 1.68. The Morgan fingerprint density at radius 1 is 1.33 bits per heavy atom. The molecule has 0 aliphatic carbocycles. The zero-order chi connectivity index (χ0) is 15.7. The summed E-state index contributed by atoms with van der Waals surface area (Å²) in [5, 5.41) is 6.73.